The van der Waals surface area contributed by atoms with Crippen LogP contribution < -0.4 is 10.6 Å². The minimum Gasteiger partial charge on any atom is -0.350 e. The minimum absolute atomic E-state index is 0.0478. The molecule has 0 fully saturated rings. The fourth-order valence-corrected chi connectivity index (χ4v) is 2.89. The SMILES string of the molecule is O=C(NCCNC(=O)c1ccc([N+](=O)[O-])cc1Cl)c1nc(Cn2cc(Br)cn2)no1. The van der Waals surface area contributed by atoms with Gasteiger partial charge in [0.1, 0.15) is 6.54 Å². The summed E-state index contributed by atoms with van der Waals surface area (Å²) in [6.45, 7) is 0.396. The molecule has 3 aromatic rings. The quantitative estimate of drug-likeness (QED) is 0.270. The van der Waals surface area contributed by atoms with E-state index in [0.717, 1.165) is 10.5 Å². The average molecular weight is 499 g/mol. The van der Waals surface area contributed by atoms with E-state index >= 15 is 0 Å². The van der Waals surface area contributed by atoms with Gasteiger partial charge >= 0.3 is 11.8 Å². The first-order valence-corrected chi connectivity index (χ1v) is 9.51. The highest BCUT2D eigenvalue weighted by Gasteiger charge is 2.17. The Morgan fingerprint density at radius 3 is 2.63 bits per heavy atom. The molecule has 0 atom stereocenters. The first-order valence-electron chi connectivity index (χ1n) is 8.34. The van der Waals surface area contributed by atoms with Gasteiger partial charge in [0.25, 0.3) is 11.6 Å². The molecule has 2 N–H and O–H groups in total. The van der Waals surface area contributed by atoms with Crippen molar-refractivity contribution in [1.82, 2.24) is 30.6 Å². The molecule has 30 heavy (non-hydrogen) atoms. The molecule has 156 valence electrons. The Morgan fingerprint density at radius 2 is 2.00 bits per heavy atom. The van der Waals surface area contributed by atoms with E-state index in [2.05, 4.69) is 41.8 Å². The molecule has 0 radical (unpaired) electrons. The lowest BCUT2D eigenvalue weighted by atomic mass is 10.2. The average Bonchev–Trinajstić information content (AvgIpc) is 3.34. The zero-order valence-electron chi connectivity index (χ0n) is 15.0. The van der Waals surface area contributed by atoms with Crippen LogP contribution in [0.4, 0.5) is 5.69 Å². The van der Waals surface area contributed by atoms with Gasteiger partial charge in [-0.1, -0.05) is 16.8 Å². The van der Waals surface area contributed by atoms with Crippen LogP contribution in [0.2, 0.25) is 5.02 Å². The van der Waals surface area contributed by atoms with Crippen LogP contribution in [0, 0.1) is 10.1 Å². The van der Waals surface area contributed by atoms with Crippen LogP contribution in [-0.2, 0) is 6.54 Å². The second kappa shape index (κ2) is 9.45. The predicted molar refractivity (Wildman–Crippen MR) is 106 cm³/mol. The van der Waals surface area contributed by atoms with Crippen molar-refractivity contribution in [3.63, 3.8) is 0 Å². The number of carbonyl (C=O) groups excluding carboxylic acids is 2. The molecule has 0 aliphatic heterocycles. The molecule has 0 saturated heterocycles. The summed E-state index contributed by atoms with van der Waals surface area (Å²) >= 11 is 9.17. The van der Waals surface area contributed by atoms with Crippen molar-refractivity contribution in [3.05, 3.63) is 67.5 Å². The standard InChI is InChI=1S/C16H13BrClN7O5/c17-9-6-21-24(7-9)8-13-22-16(30-23-13)15(27)20-4-3-19-14(26)11-2-1-10(25(28)29)5-12(11)18/h1-2,5-7H,3-4,8H2,(H,19,26)(H,20,27). The normalized spacial score (nSPS) is 10.6. The zero-order chi connectivity index (χ0) is 21.7. The fraction of sp³-hybridized carbons (Fsp3) is 0.188. The number of nitrogens with one attached hydrogen (secondary N) is 2. The van der Waals surface area contributed by atoms with Crippen molar-refractivity contribution in [1.29, 1.82) is 0 Å². The van der Waals surface area contributed by atoms with Gasteiger partial charge in [-0.2, -0.15) is 10.1 Å². The Hall–Kier alpha value is -3.32. The van der Waals surface area contributed by atoms with Crippen LogP contribution in [0.1, 0.15) is 26.9 Å². The van der Waals surface area contributed by atoms with Gasteiger partial charge in [0.15, 0.2) is 5.82 Å². The number of rotatable bonds is 8. The van der Waals surface area contributed by atoms with Crippen LogP contribution in [0.3, 0.4) is 0 Å². The highest BCUT2D eigenvalue weighted by Crippen LogP contribution is 2.22. The van der Waals surface area contributed by atoms with Gasteiger partial charge in [-0.25, -0.2) is 0 Å². The molecule has 14 heteroatoms. The maximum Gasteiger partial charge on any atom is 0.316 e. The minimum atomic E-state index is -0.611. The largest absolute Gasteiger partial charge is 0.350 e. The first-order chi connectivity index (χ1) is 14.3. The molecule has 3 rings (SSSR count). The van der Waals surface area contributed by atoms with Crippen molar-refractivity contribution >= 4 is 45.0 Å². The lowest BCUT2D eigenvalue weighted by molar-refractivity contribution is -0.384. The Balaban J connectivity index is 1.46. The van der Waals surface area contributed by atoms with Gasteiger partial charge in [-0.05, 0) is 22.0 Å². The van der Waals surface area contributed by atoms with Crippen molar-refractivity contribution in [2.24, 2.45) is 0 Å². The molecule has 0 aliphatic carbocycles. The highest BCUT2D eigenvalue weighted by molar-refractivity contribution is 9.10. The van der Waals surface area contributed by atoms with Crippen molar-refractivity contribution < 1.29 is 19.0 Å². The summed E-state index contributed by atoms with van der Waals surface area (Å²) in [5.41, 5.74) is -0.136. The van der Waals surface area contributed by atoms with E-state index in [4.69, 9.17) is 16.1 Å². The lowest BCUT2D eigenvalue weighted by Gasteiger charge is -2.07. The summed E-state index contributed by atoms with van der Waals surface area (Å²) in [6, 6.07) is 3.53. The summed E-state index contributed by atoms with van der Waals surface area (Å²) in [5, 5.41) is 23.5. The molecule has 0 bridgehead atoms. The topological polar surface area (TPSA) is 158 Å². The van der Waals surface area contributed by atoms with Crippen LogP contribution in [-0.4, -0.2) is 49.7 Å². The molecule has 2 amide bonds. The molecular formula is C16H13BrClN7O5. The number of nitro groups is 1. The Kier molecular flexibility index (Phi) is 6.74. The first kappa shape index (κ1) is 21.4. The van der Waals surface area contributed by atoms with Crippen molar-refractivity contribution in [2.75, 3.05) is 13.1 Å². The van der Waals surface area contributed by atoms with Gasteiger partial charge in [-0.3, -0.25) is 24.4 Å². The molecule has 2 heterocycles. The smallest absolute Gasteiger partial charge is 0.316 e. The maximum atomic E-state index is 12.1. The number of aromatic nitrogens is 4. The van der Waals surface area contributed by atoms with E-state index in [1.165, 1.54) is 12.1 Å². The summed E-state index contributed by atoms with van der Waals surface area (Å²) in [6.07, 6.45) is 3.32. The number of benzene rings is 1. The number of carbonyl (C=O) groups is 2. The van der Waals surface area contributed by atoms with E-state index in [1.807, 2.05) is 0 Å². The molecule has 0 spiro atoms. The summed E-state index contributed by atoms with van der Waals surface area (Å²) in [4.78, 5) is 38.2. The van der Waals surface area contributed by atoms with Crippen LogP contribution >= 0.6 is 27.5 Å². The molecular weight excluding hydrogens is 486 g/mol. The third kappa shape index (κ3) is 5.39. The Bertz CT molecular complexity index is 1100. The molecule has 12 nitrogen and oxygen atoms in total. The number of nitro benzene ring substituents is 1. The number of hydrogen-bond donors (Lipinski definition) is 2. The van der Waals surface area contributed by atoms with Crippen LogP contribution in [0.15, 0.2) is 39.6 Å². The van der Waals surface area contributed by atoms with Crippen molar-refractivity contribution in [2.45, 2.75) is 6.54 Å². The number of amides is 2. The number of halogens is 2. The summed E-state index contributed by atoms with van der Waals surface area (Å²) < 4.78 is 7.27. The third-order valence-corrected chi connectivity index (χ3v) is 4.39. The molecule has 0 saturated carbocycles. The van der Waals surface area contributed by atoms with Crippen molar-refractivity contribution in [3.8, 4) is 0 Å². The van der Waals surface area contributed by atoms with E-state index in [-0.39, 0.29) is 47.6 Å². The maximum absolute atomic E-state index is 12.1. The molecule has 0 unspecified atom stereocenters. The van der Waals surface area contributed by atoms with E-state index in [0.29, 0.717) is 0 Å². The summed E-state index contributed by atoms with van der Waals surface area (Å²) in [7, 11) is 0. The summed E-state index contributed by atoms with van der Waals surface area (Å²) in [5.74, 6) is -1.08. The molecule has 2 aromatic heterocycles. The van der Waals surface area contributed by atoms with Gasteiger partial charge in [-0.15, -0.1) is 0 Å². The van der Waals surface area contributed by atoms with Gasteiger partial charge in [0, 0.05) is 31.4 Å². The second-order valence-electron chi connectivity index (χ2n) is 5.80. The highest BCUT2D eigenvalue weighted by atomic mass is 79.9. The van der Waals surface area contributed by atoms with E-state index in [1.54, 1.807) is 17.1 Å². The number of nitrogens with zero attached hydrogens (tertiary/aromatic N) is 5. The van der Waals surface area contributed by atoms with Gasteiger partial charge in [0.05, 0.1) is 26.2 Å². The number of non-ortho nitro benzene ring substituents is 1. The molecule has 0 aliphatic rings. The zero-order valence-corrected chi connectivity index (χ0v) is 17.4. The Morgan fingerprint density at radius 1 is 1.27 bits per heavy atom. The van der Waals surface area contributed by atoms with Crippen LogP contribution in [0.5, 0.6) is 0 Å². The fourth-order valence-electron chi connectivity index (χ4n) is 2.30. The third-order valence-electron chi connectivity index (χ3n) is 3.67. The predicted octanol–water partition coefficient (Wildman–Crippen LogP) is 1.80. The number of hydrogen-bond acceptors (Lipinski definition) is 8. The molecule has 1 aromatic carbocycles. The Labute approximate surface area is 181 Å². The monoisotopic (exact) mass is 497 g/mol. The van der Waals surface area contributed by atoms with E-state index in [9.17, 15) is 19.7 Å². The van der Waals surface area contributed by atoms with Gasteiger partial charge in [0.2, 0.25) is 0 Å². The van der Waals surface area contributed by atoms with Gasteiger partial charge < -0.3 is 15.2 Å². The van der Waals surface area contributed by atoms with Crippen LogP contribution in [0.25, 0.3) is 0 Å². The lowest BCUT2D eigenvalue weighted by Crippen LogP contribution is -2.35. The second-order valence-corrected chi connectivity index (χ2v) is 7.13. The van der Waals surface area contributed by atoms with E-state index < -0.39 is 16.7 Å².